The minimum absolute atomic E-state index is 0.0320. The number of nitrogens with one attached hydrogen (secondary N) is 5. The third-order valence-corrected chi connectivity index (χ3v) is 16.3. The molecule has 0 aliphatic carbocycles. The van der Waals surface area contributed by atoms with E-state index < -0.39 is 177 Å². The van der Waals surface area contributed by atoms with Crippen LogP contribution in [0.4, 0.5) is 0 Å². The molecule has 13 atom stereocenters. The van der Waals surface area contributed by atoms with Gasteiger partial charge < -0.3 is 86.8 Å². The van der Waals surface area contributed by atoms with Crippen LogP contribution in [0.2, 0.25) is 0 Å². The fourth-order valence-corrected chi connectivity index (χ4v) is 11.4. The molecule has 472 valence electrons. The number of nitrogens with zero attached hydrogens (tertiary/aromatic N) is 3. The number of aliphatic hydroxyl groups excluding tert-OH is 6. The predicted molar refractivity (Wildman–Crippen MR) is 308 cm³/mol. The van der Waals surface area contributed by atoms with Crippen LogP contribution in [0.3, 0.4) is 0 Å². The molecule has 7 rings (SSSR count). The zero-order chi connectivity index (χ0) is 63.2. The Kier molecular flexibility index (Phi) is 23.8. The van der Waals surface area contributed by atoms with E-state index in [1.807, 2.05) is 24.3 Å². The highest BCUT2D eigenvalue weighted by Crippen LogP contribution is 2.34. The molecule has 3 aromatic carbocycles. The standard InChI is InChI=1S/C56H71N9O20S2/c1-4-5-6-17-82-35-14-12-32(13-15-35)54-59-24-42(86-54)30-8-10-31(11-9-30)49(74)60-36-20-33(67)23-58-53(78)47-48(73)27(2)25-65(47)56(80)46(40(71)22-43(57)72)63-52(77)45(39(70)18-29-7-16-38(69)41(19-29)83-87-85-84-81)62-51(76)37-21-34(68)26-64(37)55(79)44(28(3)66)61-50(36)75/h7-16,19,24,27-28,33-34,36-37,39-40,44-48,66-71,73,81H,4-6,17-18,20-23,25-26H2,1-3H3,(H2,57,72)(H,58,78)(H,60,74)(H,61,75)(H,62,76)(H,63,77). The highest BCUT2D eigenvalue weighted by atomic mass is 32.2. The molecule has 0 radical (unpaired) electrons. The SMILES string of the molecule is CCCCCOc1ccc(-c2ncc(-c3ccc(C(=O)NC4CC(O)CNC(=O)C5C(O)C(C)CN5C(=O)C(C(O)CC(N)=O)NC(=O)C(C(O)Cc5ccc(O)c(OSOOO)c5)NC(=O)C5CC(O)CN5C(=O)C(C(C)O)NC4=O)cc3)s2)cc1. The summed E-state index contributed by atoms with van der Waals surface area (Å²) in [5.74, 6) is -10.3. The first-order chi connectivity index (χ1) is 41.5. The van der Waals surface area contributed by atoms with Gasteiger partial charge in [0.1, 0.15) is 47.0 Å². The minimum Gasteiger partial charge on any atom is -0.504 e. The summed E-state index contributed by atoms with van der Waals surface area (Å²) in [5.41, 5.74) is 7.08. The third-order valence-electron chi connectivity index (χ3n) is 14.9. The lowest BCUT2D eigenvalue weighted by atomic mass is 9.98. The van der Waals surface area contributed by atoms with Gasteiger partial charge in [-0.05, 0) is 73.0 Å². The number of ether oxygens (including phenoxy) is 1. The average Bonchev–Trinajstić information content (AvgIpc) is 2.70. The molecule has 3 aliphatic heterocycles. The first-order valence-electron chi connectivity index (χ1n) is 27.9. The Morgan fingerprint density at radius 2 is 1.49 bits per heavy atom. The highest BCUT2D eigenvalue weighted by Gasteiger charge is 2.50. The van der Waals surface area contributed by atoms with Gasteiger partial charge in [-0.3, -0.25) is 38.4 Å². The molecule has 4 heterocycles. The van der Waals surface area contributed by atoms with E-state index in [1.54, 1.807) is 18.3 Å². The number of hydrogen-bond donors (Lipinski definition) is 14. The van der Waals surface area contributed by atoms with Crippen molar-refractivity contribution in [3.8, 4) is 38.3 Å². The number of primary amides is 1. The molecule has 3 aliphatic rings. The van der Waals surface area contributed by atoms with Crippen molar-refractivity contribution in [2.75, 3.05) is 26.2 Å². The summed E-state index contributed by atoms with van der Waals surface area (Å²) in [7, 11) is 0. The Labute approximate surface area is 506 Å². The number of phenolic OH excluding ortho intramolecular Hbond substituents is 1. The maximum Gasteiger partial charge on any atom is 0.261 e. The maximum atomic E-state index is 14.7. The van der Waals surface area contributed by atoms with Crippen LogP contribution in [0, 0.1) is 5.92 Å². The largest absolute Gasteiger partial charge is 0.504 e. The van der Waals surface area contributed by atoms with Gasteiger partial charge in [-0.2, -0.15) is 0 Å². The topological polar surface area (TPSA) is 441 Å². The Hall–Kier alpha value is -7.56. The Morgan fingerprint density at radius 1 is 0.816 bits per heavy atom. The van der Waals surface area contributed by atoms with Crippen molar-refractivity contribution in [3.63, 3.8) is 0 Å². The van der Waals surface area contributed by atoms with Gasteiger partial charge in [-0.25, -0.2) is 10.2 Å². The Morgan fingerprint density at radius 3 is 2.17 bits per heavy atom. The molecule has 8 amide bonds. The average molecular weight is 1250 g/mol. The van der Waals surface area contributed by atoms with Gasteiger partial charge in [0.15, 0.2) is 11.5 Å². The second kappa shape index (κ2) is 30.9. The number of thiazole rings is 1. The number of nitrogens with two attached hydrogens (primary N) is 1. The smallest absolute Gasteiger partial charge is 0.261 e. The molecular formula is C56H71N9O20S2. The van der Waals surface area contributed by atoms with Crippen molar-refractivity contribution in [1.82, 2.24) is 41.4 Å². The lowest BCUT2D eigenvalue weighted by Gasteiger charge is -2.33. The number of β-amino-alcohol motifs (C(OH)–C–C–N with tert-alkyl or cyclic N) is 1. The van der Waals surface area contributed by atoms with Crippen molar-refractivity contribution >= 4 is 70.9 Å². The van der Waals surface area contributed by atoms with Crippen LogP contribution < -0.4 is 41.2 Å². The summed E-state index contributed by atoms with van der Waals surface area (Å²) < 4.78 is 15.1. The Bertz CT molecular complexity index is 3070. The van der Waals surface area contributed by atoms with Crippen molar-refractivity contribution in [2.45, 2.75) is 139 Å². The van der Waals surface area contributed by atoms with Crippen LogP contribution in [0.15, 0.2) is 72.9 Å². The number of aromatic nitrogens is 1. The van der Waals surface area contributed by atoms with Crippen LogP contribution in [-0.2, 0) is 49.4 Å². The summed E-state index contributed by atoms with van der Waals surface area (Å²) in [5, 5.41) is 103. The molecule has 0 spiro atoms. The van der Waals surface area contributed by atoms with Crippen LogP contribution in [-0.4, -0.2) is 202 Å². The van der Waals surface area contributed by atoms with Crippen LogP contribution >= 0.6 is 23.7 Å². The number of benzene rings is 3. The van der Waals surface area contributed by atoms with E-state index in [0.29, 0.717) is 12.2 Å². The number of amides is 8. The summed E-state index contributed by atoms with van der Waals surface area (Å²) in [6.07, 6.45) is -8.79. The number of aromatic hydroxyl groups is 1. The van der Waals surface area contributed by atoms with Gasteiger partial charge in [0.25, 0.3) is 18.2 Å². The molecule has 15 N–H and O–H groups in total. The molecule has 0 bridgehead atoms. The third kappa shape index (κ3) is 17.4. The van der Waals surface area contributed by atoms with Crippen LogP contribution in [0.25, 0.3) is 21.0 Å². The maximum absolute atomic E-state index is 14.7. The van der Waals surface area contributed by atoms with Gasteiger partial charge in [0, 0.05) is 62.1 Å². The lowest BCUT2D eigenvalue weighted by Crippen LogP contribution is -2.64. The second-order valence-electron chi connectivity index (χ2n) is 21.5. The summed E-state index contributed by atoms with van der Waals surface area (Å²) in [6.45, 7) is 3.61. The molecule has 29 nitrogen and oxygen atoms in total. The number of rotatable bonds is 20. The zero-order valence-corrected chi connectivity index (χ0v) is 49.1. The predicted octanol–water partition coefficient (Wildman–Crippen LogP) is -1.06. The van der Waals surface area contributed by atoms with E-state index in [1.165, 1.54) is 36.5 Å². The van der Waals surface area contributed by atoms with Gasteiger partial charge in [0.2, 0.25) is 41.4 Å². The zero-order valence-electron chi connectivity index (χ0n) is 47.4. The first kappa shape index (κ1) is 67.0. The van der Waals surface area contributed by atoms with E-state index >= 15 is 0 Å². The molecule has 0 saturated carbocycles. The first-order valence-corrected chi connectivity index (χ1v) is 29.4. The number of fused-ring (bicyclic) bond motifs is 2. The Balaban J connectivity index is 1.19. The van der Waals surface area contributed by atoms with Gasteiger partial charge in [0.05, 0.1) is 54.5 Å². The van der Waals surface area contributed by atoms with E-state index in [2.05, 4.69) is 47.9 Å². The summed E-state index contributed by atoms with van der Waals surface area (Å²) in [4.78, 5) is 120. The summed E-state index contributed by atoms with van der Waals surface area (Å²) in [6, 6.07) is 5.67. The fraction of sp³-hybridized carbons (Fsp3) is 0.482. The number of carbonyl (C=O) groups excluding carboxylic acids is 8. The number of aliphatic hydroxyl groups is 6. The molecule has 3 saturated heterocycles. The normalized spacial score (nSPS) is 25.4. The van der Waals surface area contributed by atoms with Crippen molar-refractivity contribution in [2.24, 2.45) is 11.7 Å². The molecule has 3 fully saturated rings. The molecule has 31 heteroatoms. The van der Waals surface area contributed by atoms with E-state index in [9.17, 15) is 74.1 Å². The molecule has 1 aromatic heterocycles. The van der Waals surface area contributed by atoms with Gasteiger partial charge >= 0.3 is 0 Å². The second-order valence-corrected chi connectivity index (χ2v) is 22.9. The minimum atomic E-state index is -2.21. The summed E-state index contributed by atoms with van der Waals surface area (Å²) >= 11 is 1.46. The van der Waals surface area contributed by atoms with Crippen LogP contribution in [0.5, 0.6) is 17.2 Å². The van der Waals surface area contributed by atoms with E-state index in [-0.39, 0.29) is 29.2 Å². The van der Waals surface area contributed by atoms with E-state index in [0.717, 1.165) is 69.3 Å². The molecule has 87 heavy (non-hydrogen) atoms. The fourth-order valence-electron chi connectivity index (χ4n) is 10.2. The number of unbranched alkanes of at least 4 members (excludes halogenated alkanes) is 2. The lowest BCUT2D eigenvalue weighted by molar-refractivity contribution is -0.433. The number of phenols is 1. The molecular weight excluding hydrogens is 1180 g/mol. The van der Waals surface area contributed by atoms with Crippen molar-refractivity contribution in [3.05, 3.63) is 84.1 Å². The quantitative estimate of drug-likeness (QED) is 0.0217. The molecule has 13 unspecified atom stereocenters. The van der Waals surface area contributed by atoms with Gasteiger partial charge in [-0.15, -0.1) is 11.3 Å². The van der Waals surface area contributed by atoms with Crippen LogP contribution in [0.1, 0.15) is 75.2 Å². The van der Waals surface area contributed by atoms with Crippen molar-refractivity contribution < 1.29 is 97.7 Å². The number of hydrogen-bond acceptors (Lipinski definition) is 23. The monoisotopic (exact) mass is 1250 g/mol. The van der Waals surface area contributed by atoms with E-state index in [4.69, 9.17) is 19.9 Å². The van der Waals surface area contributed by atoms with Crippen molar-refractivity contribution in [1.29, 1.82) is 0 Å². The molecule has 4 aromatic rings. The van der Waals surface area contributed by atoms with Gasteiger partial charge in [-0.1, -0.05) is 54.3 Å². The highest BCUT2D eigenvalue weighted by molar-refractivity contribution is 7.90. The number of carbonyl (C=O) groups is 8.